The number of rotatable bonds is 16. The van der Waals surface area contributed by atoms with Gasteiger partial charge in [0.05, 0.1) is 12.7 Å². The van der Waals surface area contributed by atoms with Crippen LogP contribution in [0.5, 0.6) is 0 Å². The number of benzene rings is 1. The average molecular weight is 685 g/mol. The van der Waals surface area contributed by atoms with Crippen molar-refractivity contribution in [3.05, 3.63) is 35.9 Å². The average Bonchev–Trinajstić information content (AvgIpc) is 2.97. The van der Waals surface area contributed by atoms with Crippen molar-refractivity contribution in [3.8, 4) is 0 Å². The van der Waals surface area contributed by atoms with E-state index in [0.717, 1.165) is 41.5 Å². The van der Waals surface area contributed by atoms with E-state index in [2.05, 4.69) is 0 Å². The predicted molar refractivity (Wildman–Crippen MR) is 160 cm³/mol. The first kappa shape index (κ1) is 40.1. The first-order chi connectivity index (χ1) is 22.5. The molecule has 1 heterocycles. The highest BCUT2D eigenvalue weighted by Crippen LogP contribution is 2.33. The van der Waals surface area contributed by atoms with Crippen molar-refractivity contribution in [3.63, 3.8) is 0 Å². The van der Waals surface area contributed by atoms with Gasteiger partial charge in [-0.15, -0.1) is 0 Å². The van der Waals surface area contributed by atoms with Crippen molar-refractivity contribution in [2.45, 2.75) is 123 Å². The molecule has 1 unspecified atom stereocenters. The number of carbonyl (C=O) groups excluding carboxylic acids is 6. The molecule has 1 fully saturated rings. The van der Waals surface area contributed by atoms with Gasteiger partial charge in [0.15, 0.2) is 36.8 Å². The molecule has 48 heavy (non-hydrogen) atoms. The fourth-order valence-corrected chi connectivity index (χ4v) is 5.03. The number of hydrogen-bond donors (Lipinski definition) is 0. The van der Waals surface area contributed by atoms with Crippen LogP contribution in [0.4, 0.5) is 0 Å². The zero-order chi connectivity index (χ0) is 36.1. The molecule has 16 heteroatoms. The van der Waals surface area contributed by atoms with Crippen LogP contribution >= 0.6 is 0 Å². The van der Waals surface area contributed by atoms with Gasteiger partial charge in [0.1, 0.15) is 12.2 Å². The van der Waals surface area contributed by atoms with Gasteiger partial charge in [0, 0.05) is 48.7 Å². The van der Waals surface area contributed by atoms with E-state index in [1.165, 1.54) is 21.0 Å². The molecule has 0 aromatic heterocycles. The molecule has 1 aliphatic rings. The van der Waals surface area contributed by atoms with Gasteiger partial charge in [-0.25, -0.2) is 0 Å². The van der Waals surface area contributed by atoms with Crippen molar-refractivity contribution in [1.29, 1.82) is 0 Å². The van der Waals surface area contributed by atoms with Crippen LogP contribution in [0, 0.1) is 0 Å². The lowest BCUT2D eigenvalue weighted by Crippen LogP contribution is -2.64. The molecule has 0 aliphatic carbocycles. The molecule has 0 amide bonds. The van der Waals surface area contributed by atoms with Crippen LogP contribution in [-0.4, -0.2) is 104 Å². The molecule has 0 N–H and O–H groups in total. The van der Waals surface area contributed by atoms with Crippen LogP contribution in [0.2, 0.25) is 0 Å². The summed E-state index contributed by atoms with van der Waals surface area (Å²) >= 11 is 0. The Morgan fingerprint density at radius 2 is 1.19 bits per heavy atom. The number of carbonyl (C=O) groups is 6. The number of methoxy groups -OCH3 is 1. The van der Waals surface area contributed by atoms with Gasteiger partial charge in [-0.05, 0) is 19.4 Å². The number of ether oxygens (including phenoxy) is 10. The number of hydrogen-bond acceptors (Lipinski definition) is 16. The molecule has 0 saturated carbocycles. The SMILES string of the molecule is COC(OC(C)=O)[C@@H](OCc1ccccc1)[C@@H](O[C@@H]1O[C@@H](C)[C@H](OC(C)=O)[C@@H](OC(C)=O)[C@H]1OC(C)=O)[C@H](OC(C)=O)[C@@H](C)OC(C)=O. The minimum atomic E-state index is -1.65. The van der Waals surface area contributed by atoms with E-state index in [1.54, 1.807) is 30.3 Å². The van der Waals surface area contributed by atoms with Gasteiger partial charge in [0.25, 0.3) is 0 Å². The Morgan fingerprint density at radius 1 is 0.667 bits per heavy atom. The molecule has 2 rings (SSSR count). The molecule has 10 atom stereocenters. The van der Waals surface area contributed by atoms with Gasteiger partial charge < -0.3 is 47.4 Å². The fraction of sp³-hybridized carbons (Fsp3) is 0.625. The third-order valence-corrected chi connectivity index (χ3v) is 6.76. The number of esters is 6. The summed E-state index contributed by atoms with van der Waals surface area (Å²) in [5.41, 5.74) is 0.676. The van der Waals surface area contributed by atoms with E-state index in [0.29, 0.717) is 5.56 Å². The van der Waals surface area contributed by atoms with Crippen molar-refractivity contribution >= 4 is 35.8 Å². The smallest absolute Gasteiger partial charge is 0.305 e. The highest BCUT2D eigenvalue weighted by atomic mass is 16.8. The predicted octanol–water partition coefficient (Wildman–Crippen LogP) is 1.92. The highest BCUT2D eigenvalue weighted by Gasteiger charge is 2.54. The quantitative estimate of drug-likeness (QED) is 0.139. The molecule has 0 bridgehead atoms. The molecule has 16 nitrogen and oxygen atoms in total. The van der Waals surface area contributed by atoms with Crippen molar-refractivity contribution in [2.75, 3.05) is 7.11 Å². The van der Waals surface area contributed by atoms with E-state index >= 15 is 0 Å². The zero-order valence-corrected chi connectivity index (χ0v) is 28.4. The summed E-state index contributed by atoms with van der Waals surface area (Å²) in [6.45, 7) is 9.47. The molecule has 1 aliphatic heterocycles. The lowest BCUT2D eigenvalue weighted by atomic mass is 9.97. The summed E-state index contributed by atoms with van der Waals surface area (Å²) in [5, 5.41) is 0. The van der Waals surface area contributed by atoms with Crippen molar-refractivity contribution in [2.24, 2.45) is 0 Å². The lowest BCUT2D eigenvalue weighted by Gasteiger charge is -2.46. The molecule has 1 aromatic rings. The Balaban J connectivity index is 2.78. The molecule has 1 aromatic carbocycles. The summed E-state index contributed by atoms with van der Waals surface area (Å²) in [6.07, 6.45) is -14.3. The summed E-state index contributed by atoms with van der Waals surface area (Å²) in [5.74, 6) is -4.72. The minimum absolute atomic E-state index is 0.110. The van der Waals surface area contributed by atoms with Gasteiger partial charge in [-0.3, -0.25) is 28.8 Å². The second-order valence-corrected chi connectivity index (χ2v) is 10.9. The van der Waals surface area contributed by atoms with Gasteiger partial charge in [-0.2, -0.15) is 0 Å². The molecule has 1 saturated heterocycles. The largest absolute Gasteiger partial charge is 0.459 e. The zero-order valence-electron chi connectivity index (χ0n) is 28.4. The highest BCUT2D eigenvalue weighted by molar-refractivity contribution is 5.69. The van der Waals surface area contributed by atoms with Gasteiger partial charge in [-0.1, -0.05) is 30.3 Å². The normalized spacial score (nSPS) is 23.6. The summed E-state index contributed by atoms with van der Waals surface area (Å²) in [6, 6.07) is 8.84. The Morgan fingerprint density at radius 3 is 1.69 bits per heavy atom. The maximum Gasteiger partial charge on any atom is 0.305 e. The Bertz CT molecular complexity index is 1250. The third-order valence-electron chi connectivity index (χ3n) is 6.76. The van der Waals surface area contributed by atoms with Crippen LogP contribution < -0.4 is 0 Å². The van der Waals surface area contributed by atoms with Crippen LogP contribution in [0.25, 0.3) is 0 Å². The summed E-state index contributed by atoms with van der Waals surface area (Å²) in [7, 11) is 1.22. The third kappa shape index (κ3) is 12.5. The van der Waals surface area contributed by atoms with E-state index in [4.69, 9.17) is 47.4 Å². The maximum atomic E-state index is 12.5. The maximum absolute atomic E-state index is 12.5. The standard InChI is InChI=1S/C32H44O16/c1-16(41-18(3)33)25(43-19(4)34)27(29(31(39-9)47-23(8)38)40-15-24-13-11-10-12-14-24)48-32-30(46-22(7)37)28(45-21(6)36)26(17(2)42-32)44-20(5)35/h10-14,16-17,25-32H,15H2,1-9H3/t16-,17+,25-,26+,27+,28-,29+,30-,31?,32+/m1/s1. The van der Waals surface area contributed by atoms with Crippen molar-refractivity contribution < 1.29 is 76.1 Å². The van der Waals surface area contributed by atoms with E-state index < -0.39 is 97.2 Å². The van der Waals surface area contributed by atoms with Crippen LogP contribution in [0.3, 0.4) is 0 Å². The molecular weight excluding hydrogens is 640 g/mol. The first-order valence-electron chi connectivity index (χ1n) is 15.1. The second kappa shape index (κ2) is 19.0. The minimum Gasteiger partial charge on any atom is -0.459 e. The Kier molecular flexibility index (Phi) is 15.9. The fourth-order valence-electron chi connectivity index (χ4n) is 5.03. The topological polar surface area (TPSA) is 195 Å². The summed E-state index contributed by atoms with van der Waals surface area (Å²) in [4.78, 5) is 73.3. The Hall–Kier alpha value is -4.12. The lowest BCUT2D eigenvalue weighted by molar-refractivity contribution is -0.335. The van der Waals surface area contributed by atoms with E-state index in [1.807, 2.05) is 0 Å². The molecule has 0 spiro atoms. The van der Waals surface area contributed by atoms with Crippen molar-refractivity contribution in [1.82, 2.24) is 0 Å². The molecule has 0 radical (unpaired) electrons. The van der Waals surface area contributed by atoms with E-state index in [-0.39, 0.29) is 6.61 Å². The molecular formula is C32H44O16. The van der Waals surface area contributed by atoms with Crippen LogP contribution in [0.15, 0.2) is 30.3 Å². The van der Waals surface area contributed by atoms with Crippen LogP contribution in [-0.2, 0) is 82.7 Å². The monoisotopic (exact) mass is 684 g/mol. The first-order valence-corrected chi connectivity index (χ1v) is 15.1. The van der Waals surface area contributed by atoms with E-state index in [9.17, 15) is 28.8 Å². The Labute approximate surface area is 278 Å². The van der Waals surface area contributed by atoms with Crippen LogP contribution in [0.1, 0.15) is 61.0 Å². The molecule has 268 valence electrons. The van der Waals surface area contributed by atoms with Gasteiger partial charge in [0.2, 0.25) is 6.29 Å². The summed E-state index contributed by atoms with van der Waals surface area (Å²) < 4.78 is 57.0. The second-order valence-electron chi connectivity index (χ2n) is 10.9. The van der Waals surface area contributed by atoms with Gasteiger partial charge >= 0.3 is 35.8 Å².